The molecule has 2 aromatic rings. The second-order valence-electron chi connectivity index (χ2n) is 5.77. The quantitative estimate of drug-likeness (QED) is 0.907. The number of amides is 1. The van der Waals surface area contributed by atoms with E-state index < -0.39 is 0 Å². The Morgan fingerprint density at radius 2 is 1.83 bits per heavy atom. The molecule has 6 heteroatoms. The molecule has 0 saturated carbocycles. The Labute approximate surface area is 141 Å². The van der Waals surface area contributed by atoms with Crippen molar-refractivity contribution in [2.45, 2.75) is 6.54 Å². The molecule has 0 bridgehead atoms. The molecule has 5 nitrogen and oxygen atoms in total. The summed E-state index contributed by atoms with van der Waals surface area (Å²) in [5.74, 6) is -0.128. The SMILES string of the molecule is O=C(CNCc1ccccn1)N1CCN(c2ccc(F)cc2)CC1. The van der Waals surface area contributed by atoms with E-state index in [9.17, 15) is 9.18 Å². The first kappa shape index (κ1) is 16.4. The number of pyridine rings is 1. The van der Waals surface area contributed by atoms with Crippen LogP contribution in [-0.4, -0.2) is 48.5 Å². The van der Waals surface area contributed by atoms with E-state index in [4.69, 9.17) is 0 Å². The second kappa shape index (κ2) is 7.88. The molecular formula is C18H21FN4O. The molecule has 3 rings (SSSR count). The Morgan fingerprint density at radius 1 is 1.08 bits per heavy atom. The van der Waals surface area contributed by atoms with Gasteiger partial charge in [0.15, 0.2) is 0 Å². The van der Waals surface area contributed by atoms with E-state index in [-0.39, 0.29) is 11.7 Å². The lowest BCUT2D eigenvalue weighted by Gasteiger charge is -2.36. The van der Waals surface area contributed by atoms with Crippen LogP contribution in [0.25, 0.3) is 0 Å². The van der Waals surface area contributed by atoms with Gasteiger partial charge in [-0.2, -0.15) is 0 Å². The number of nitrogens with zero attached hydrogens (tertiary/aromatic N) is 3. The van der Waals surface area contributed by atoms with Gasteiger partial charge in [-0.05, 0) is 36.4 Å². The van der Waals surface area contributed by atoms with Crippen molar-refractivity contribution in [3.8, 4) is 0 Å². The summed E-state index contributed by atoms with van der Waals surface area (Å²) in [4.78, 5) is 20.5. The summed E-state index contributed by atoms with van der Waals surface area (Å²) in [6, 6.07) is 12.2. The standard InChI is InChI=1S/C18H21FN4O/c19-15-4-6-17(7-5-15)22-9-11-23(12-10-22)18(24)14-20-13-16-3-1-2-8-21-16/h1-8,20H,9-14H2. The van der Waals surface area contributed by atoms with Crippen molar-refractivity contribution >= 4 is 11.6 Å². The molecule has 24 heavy (non-hydrogen) atoms. The maximum atomic E-state index is 13.0. The van der Waals surface area contributed by atoms with Gasteiger partial charge >= 0.3 is 0 Å². The molecule has 0 atom stereocenters. The molecule has 1 saturated heterocycles. The van der Waals surface area contributed by atoms with Crippen LogP contribution in [0.15, 0.2) is 48.7 Å². The van der Waals surface area contributed by atoms with Gasteiger partial charge in [0.25, 0.3) is 0 Å². The predicted molar refractivity (Wildman–Crippen MR) is 91.1 cm³/mol. The van der Waals surface area contributed by atoms with Crippen molar-refractivity contribution in [2.24, 2.45) is 0 Å². The van der Waals surface area contributed by atoms with Crippen molar-refractivity contribution in [3.63, 3.8) is 0 Å². The molecule has 1 aliphatic rings. The largest absolute Gasteiger partial charge is 0.368 e. The third-order valence-electron chi connectivity index (χ3n) is 4.13. The third-order valence-corrected chi connectivity index (χ3v) is 4.13. The maximum absolute atomic E-state index is 13.0. The van der Waals surface area contributed by atoms with E-state index in [1.54, 1.807) is 18.3 Å². The van der Waals surface area contributed by atoms with Gasteiger partial charge in [-0.25, -0.2) is 4.39 Å². The van der Waals surface area contributed by atoms with Crippen LogP contribution in [0.4, 0.5) is 10.1 Å². The lowest BCUT2D eigenvalue weighted by Crippen LogP contribution is -2.50. The van der Waals surface area contributed by atoms with Crippen LogP contribution in [0.1, 0.15) is 5.69 Å². The first-order chi connectivity index (χ1) is 11.7. The summed E-state index contributed by atoms with van der Waals surface area (Å²) < 4.78 is 13.0. The third kappa shape index (κ3) is 4.29. The minimum Gasteiger partial charge on any atom is -0.368 e. The maximum Gasteiger partial charge on any atom is 0.236 e. The van der Waals surface area contributed by atoms with E-state index >= 15 is 0 Å². The molecule has 0 unspecified atom stereocenters. The average molecular weight is 328 g/mol. The highest BCUT2D eigenvalue weighted by atomic mass is 19.1. The van der Waals surface area contributed by atoms with Gasteiger partial charge < -0.3 is 15.1 Å². The normalized spacial score (nSPS) is 14.7. The summed E-state index contributed by atoms with van der Waals surface area (Å²) >= 11 is 0. The van der Waals surface area contributed by atoms with Crippen LogP contribution in [0.2, 0.25) is 0 Å². The van der Waals surface area contributed by atoms with Gasteiger partial charge in [0.2, 0.25) is 5.91 Å². The Bertz CT molecular complexity index is 654. The fraction of sp³-hybridized carbons (Fsp3) is 0.333. The number of hydrogen-bond donors (Lipinski definition) is 1. The Kier molecular flexibility index (Phi) is 5.38. The number of carbonyl (C=O) groups excluding carboxylic acids is 1. The molecule has 126 valence electrons. The number of piperazine rings is 1. The molecular weight excluding hydrogens is 307 g/mol. The van der Waals surface area contributed by atoms with Gasteiger partial charge in [-0.15, -0.1) is 0 Å². The van der Waals surface area contributed by atoms with Gasteiger partial charge in [0, 0.05) is 44.6 Å². The van der Waals surface area contributed by atoms with Crippen molar-refractivity contribution in [1.29, 1.82) is 0 Å². The van der Waals surface area contributed by atoms with E-state index in [0.717, 1.165) is 24.5 Å². The first-order valence-electron chi connectivity index (χ1n) is 8.11. The van der Waals surface area contributed by atoms with Gasteiger partial charge in [0.1, 0.15) is 5.82 Å². The number of halogens is 1. The average Bonchev–Trinajstić information content (AvgIpc) is 2.63. The topological polar surface area (TPSA) is 48.5 Å². The molecule has 0 radical (unpaired) electrons. The number of anilines is 1. The summed E-state index contributed by atoms with van der Waals surface area (Å²) in [5, 5.41) is 3.14. The van der Waals surface area contributed by atoms with Crippen molar-refractivity contribution in [1.82, 2.24) is 15.2 Å². The van der Waals surface area contributed by atoms with Crippen molar-refractivity contribution in [3.05, 3.63) is 60.2 Å². The summed E-state index contributed by atoms with van der Waals surface area (Å²) in [5.41, 5.74) is 1.92. The van der Waals surface area contributed by atoms with Crippen LogP contribution in [0.5, 0.6) is 0 Å². The van der Waals surface area contributed by atoms with Crippen LogP contribution >= 0.6 is 0 Å². The highest BCUT2D eigenvalue weighted by Crippen LogP contribution is 2.16. The van der Waals surface area contributed by atoms with Gasteiger partial charge in [-0.3, -0.25) is 9.78 Å². The van der Waals surface area contributed by atoms with E-state index in [1.807, 2.05) is 23.1 Å². The summed E-state index contributed by atoms with van der Waals surface area (Å²) in [7, 11) is 0. The molecule has 1 fully saturated rings. The fourth-order valence-corrected chi connectivity index (χ4v) is 2.78. The molecule has 1 aromatic heterocycles. The Balaban J connectivity index is 1.42. The highest BCUT2D eigenvalue weighted by Gasteiger charge is 2.20. The minimum atomic E-state index is -0.230. The lowest BCUT2D eigenvalue weighted by molar-refractivity contribution is -0.130. The lowest BCUT2D eigenvalue weighted by atomic mass is 10.2. The van der Waals surface area contributed by atoms with Crippen molar-refractivity contribution in [2.75, 3.05) is 37.6 Å². The van der Waals surface area contributed by atoms with E-state index in [0.29, 0.717) is 26.2 Å². The first-order valence-corrected chi connectivity index (χ1v) is 8.11. The second-order valence-corrected chi connectivity index (χ2v) is 5.77. The predicted octanol–water partition coefficient (Wildman–Crippen LogP) is 1.66. The summed E-state index contributed by atoms with van der Waals surface area (Å²) in [6.45, 7) is 3.79. The summed E-state index contributed by atoms with van der Waals surface area (Å²) in [6.07, 6.45) is 1.74. The minimum absolute atomic E-state index is 0.102. The van der Waals surface area contributed by atoms with Crippen LogP contribution in [0, 0.1) is 5.82 Å². The zero-order valence-electron chi connectivity index (χ0n) is 13.5. The number of hydrogen-bond acceptors (Lipinski definition) is 4. The molecule has 1 aromatic carbocycles. The zero-order valence-corrected chi connectivity index (χ0v) is 13.5. The highest BCUT2D eigenvalue weighted by molar-refractivity contribution is 5.78. The monoisotopic (exact) mass is 328 g/mol. The number of nitrogens with one attached hydrogen (secondary N) is 1. The van der Waals surface area contributed by atoms with Crippen LogP contribution in [0.3, 0.4) is 0 Å². The number of benzene rings is 1. The van der Waals surface area contributed by atoms with Crippen molar-refractivity contribution < 1.29 is 9.18 Å². The molecule has 0 spiro atoms. The van der Waals surface area contributed by atoms with Gasteiger partial charge in [-0.1, -0.05) is 6.07 Å². The Morgan fingerprint density at radius 3 is 2.50 bits per heavy atom. The fourth-order valence-electron chi connectivity index (χ4n) is 2.78. The Hall–Kier alpha value is -2.47. The molecule has 1 amide bonds. The van der Waals surface area contributed by atoms with Crippen LogP contribution in [-0.2, 0) is 11.3 Å². The number of carbonyl (C=O) groups is 1. The smallest absolute Gasteiger partial charge is 0.236 e. The molecule has 0 aliphatic carbocycles. The zero-order chi connectivity index (χ0) is 16.8. The number of aromatic nitrogens is 1. The van der Waals surface area contributed by atoms with Gasteiger partial charge in [0.05, 0.1) is 12.2 Å². The van der Waals surface area contributed by atoms with E-state index in [1.165, 1.54) is 12.1 Å². The molecule has 2 heterocycles. The number of rotatable bonds is 5. The molecule has 1 aliphatic heterocycles. The van der Waals surface area contributed by atoms with E-state index in [2.05, 4.69) is 15.2 Å². The molecule has 1 N–H and O–H groups in total. The van der Waals surface area contributed by atoms with Crippen LogP contribution < -0.4 is 10.2 Å².